The fourth-order valence-corrected chi connectivity index (χ4v) is 1.73. The average Bonchev–Trinajstić information content (AvgIpc) is 2.45. The summed E-state index contributed by atoms with van der Waals surface area (Å²) in [4.78, 5) is 4.09. The van der Waals surface area contributed by atoms with Gasteiger partial charge in [-0.3, -0.25) is 0 Å². The number of benzene rings is 1. The molecule has 3 N–H and O–H groups in total. The summed E-state index contributed by atoms with van der Waals surface area (Å²) in [5.74, 6) is 1.41. The monoisotopic (exact) mass is 268 g/mol. The largest absolute Gasteiger partial charge is 0.492 e. The first-order chi connectivity index (χ1) is 9.69. The summed E-state index contributed by atoms with van der Waals surface area (Å²) in [6.07, 6.45) is 1.49. The lowest BCUT2D eigenvalue weighted by Crippen LogP contribution is -2.13. The minimum Gasteiger partial charge on any atom is -0.492 e. The van der Waals surface area contributed by atoms with Crippen LogP contribution in [0.2, 0.25) is 0 Å². The first-order valence-corrected chi connectivity index (χ1v) is 6.28. The maximum atomic E-state index is 8.73. The van der Waals surface area contributed by atoms with Gasteiger partial charge in [0.15, 0.2) is 0 Å². The summed E-state index contributed by atoms with van der Waals surface area (Å²) in [7, 11) is 0. The summed E-state index contributed by atoms with van der Waals surface area (Å²) in [6.45, 7) is 3.11. The second-order valence-electron chi connectivity index (χ2n) is 4.37. The van der Waals surface area contributed by atoms with Gasteiger partial charge >= 0.3 is 0 Å². The molecule has 0 fully saturated rings. The van der Waals surface area contributed by atoms with Crippen molar-refractivity contribution in [3.05, 3.63) is 47.7 Å². The quantitative estimate of drug-likeness (QED) is 0.813. The van der Waals surface area contributed by atoms with Crippen molar-refractivity contribution in [3.8, 4) is 11.8 Å². The van der Waals surface area contributed by atoms with Gasteiger partial charge in [0.2, 0.25) is 0 Å². The predicted molar refractivity (Wildman–Crippen MR) is 78.5 cm³/mol. The smallest absolute Gasteiger partial charge is 0.149 e. The van der Waals surface area contributed by atoms with Gasteiger partial charge in [-0.05, 0) is 30.7 Å². The zero-order valence-electron chi connectivity index (χ0n) is 11.3. The van der Waals surface area contributed by atoms with Crippen molar-refractivity contribution in [2.75, 3.05) is 24.2 Å². The number of nitrogens with one attached hydrogen (secondary N) is 1. The minimum absolute atomic E-state index is 0.448. The van der Waals surface area contributed by atoms with Crippen LogP contribution in [0.1, 0.15) is 11.1 Å². The lowest BCUT2D eigenvalue weighted by Gasteiger charge is -2.10. The highest BCUT2D eigenvalue weighted by Crippen LogP contribution is 2.16. The molecular formula is C15H16N4O. The van der Waals surface area contributed by atoms with Crippen LogP contribution >= 0.6 is 0 Å². The fraction of sp³-hybridized carbons (Fsp3) is 0.200. The minimum atomic E-state index is 0.448. The van der Waals surface area contributed by atoms with Gasteiger partial charge < -0.3 is 15.8 Å². The molecule has 0 bridgehead atoms. The molecule has 0 aliphatic carbocycles. The number of nitrogen functional groups attached to an aromatic ring is 1. The van der Waals surface area contributed by atoms with Crippen LogP contribution in [0.15, 0.2) is 36.5 Å². The second kappa shape index (κ2) is 6.43. The van der Waals surface area contributed by atoms with Crippen molar-refractivity contribution in [1.29, 1.82) is 5.26 Å². The standard InChI is InChI=1S/C15H16N4O/c1-11-3-2-4-13(7-11)20-6-5-18-15-14(17)8-12(9-16)10-19-15/h2-4,7-8,10H,5-6,17H2,1H3,(H,18,19). The number of ether oxygens (including phenoxy) is 1. The van der Waals surface area contributed by atoms with E-state index in [0.717, 1.165) is 11.3 Å². The molecule has 0 radical (unpaired) electrons. The third-order valence-corrected chi connectivity index (χ3v) is 2.70. The third-order valence-electron chi connectivity index (χ3n) is 2.70. The lowest BCUT2D eigenvalue weighted by molar-refractivity contribution is 0.332. The highest BCUT2D eigenvalue weighted by Gasteiger charge is 2.02. The Morgan fingerprint density at radius 3 is 2.95 bits per heavy atom. The SMILES string of the molecule is Cc1cccc(OCCNc2ncc(C#N)cc2N)c1. The van der Waals surface area contributed by atoms with E-state index in [2.05, 4.69) is 10.3 Å². The van der Waals surface area contributed by atoms with Crippen LogP contribution in [0.5, 0.6) is 5.75 Å². The fourth-order valence-electron chi connectivity index (χ4n) is 1.73. The number of hydrogen-bond acceptors (Lipinski definition) is 5. The van der Waals surface area contributed by atoms with Crippen LogP contribution in [-0.2, 0) is 0 Å². The van der Waals surface area contributed by atoms with Crippen LogP contribution in [-0.4, -0.2) is 18.1 Å². The molecule has 0 saturated heterocycles. The van der Waals surface area contributed by atoms with Crippen molar-refractivity contribution in [2.24, 2.45) is 0 Å². The molecular weight excluding hydrogens is 252 g/mol. The van der Waals surface area contributed by atoms with Crippen molar-refractivity contribution in [2.45, 2.75) is 6.92 Å². The molecule has 0 atom stereocenters. The number of aryl methyl sites for hydroxylation is 1. The molecule has 0 amide bonds. The molecule has 5 nitrogen and oxygen atoms in total. The van der Waals surface area contributed by atoms with Gasteiger partial charge in [0.1, 0.15) is 24.2 Å². The van der Waals surface area contributed by atoms with Crippen LogP contribution in [0.25, 0.3) is 0 Å². The highest BCUT2D eigenvalue weighted by molar-refractivity contribution is 5.62. The van der Waals surface area contributed by atoms with Gasteiger partial charge in [-0.2, -0.15) is 5.26 Å². The predicted octanol–water partition coefficient (Wildman–Crippen LogP) is 2.33. The van der Waals surface area contributed by atoms with E-state index in [0.29, 0.717) is 30.2 Å². The average molecular weight is 268 g/mol. The molecule has 20 heavy (non-hydrogen) atoms. The molecule has 102 valence electrons. The van der Waals surface area contributed by atoms with Gasteiger partial charge in [0, 0.05) is 6.20 Å². The summed E-state index contributed by atoms with van der Waals surface area (Å²) in [5, 5.41) is 11.8. The molecule has 0 spiro atoms. The number of nitrogens with zero attached hydrogens (tertiary/aromatic N) is 2. The van der Waals surface area contributed by atoms with Crippen LogP contribution in [0.3, 0.4) is 0 Å². The van der Waals surface area contributed by atoms with E-state index in [1.807, 2.05) is 37.3 Å². The maximum Gasteiger partial charge on any atom is 0.149 e. The number of aromatic nitrogens is 1. The number of hydrogen-bond donors (Lipinski definition) is 2. The molecule has 0 saturated carbocycles. The number of nitriles is 1. The van der Waals surface area contributed by atoms with E-state index in [9.17, 15) is 0 Å². The molecule has 0 unspecified atom stereocenters. The summed E-state index contributed by atoms with van der Waals surface area (Å²) < 4.78 is 5.61. The number of nitrogens with two attached hydrogens (primary N) is 1. The zero-order valence-corrected chi connectivity index (χ0v) is 11.3. The van der Waals surface area contributed by atoms with E-state index in [4.69, 9.17) is 15.7 Å². The van der Waals surface area contributed by atoms with E-state index >= 15 is 0 Å². The zero-order chi connectivity index (χ0) is 14.4. The first-order valence-electron chi connectivity index (χ1n) is 6.28. The Balaban J connectivity index is 1.83. The molecule has 1 aromatic heterocycles. The van der Waals surface area contributed by atoms with E-state index in [1.165, 1.54) is 6.20 Å². The lowest BCUT2D eigenvalue weighted by atomic mass is 10.2. The molecule has 2 rings (SSSR count). The molecule has 1 heterocycles. The molecule has 1 aromatic carbocycles. The molecule has 2 aromatic rings. The van der Waals surface area contributed by atoms with E-state index in [1.54, 1.807) is 6.07 Å². The molecule has 0 aliphatic rings. The Bertz CT molecular complexity index is 634. The van der Waals surface area contributed by atoms with Crippen molar-refractivity contribution < 1.29 is 4.74 Å². The topological polar surface area (TPSA) is 84.0 Å². The van der Waals surface area contributed by atoms with Gasteiger partial charge in [0.05, 0.1) is 17.8 Å². The first kappa shape index (κ1) is 13.7. The number of pyridine rings is 1. The van der Waals surface area contributed by atoms with Crippen LogP contribution in [0.4, 0.5) is 11.5 Å². The van der Waals surface area contributed by atoms with Crippen LogP contribution in [0, 0.1) is 18.3 Å². The summed E-state index contributed by atoms with van der Waals surface area (Å²) in [6, 6.07) is 11.5. The van der Waals surface area contributed by atoms with Gasteiger partial charge in [-0.15, -0.1) is 0 Å². The summed E-state index contributed by atoms with van der Waals surface area (Å²) >= 11 is 0. The maximum absolute atomic E-state index is 8.73. The Morgan fingerprint density at radius 1 is 1.40 bits per heavy atom. The van der Waals surface area contributed by atoms with E-state index in [-0.39, 0.29) is 0 Å². The molecule has 0 aliphatic heterocycles. The van der Waals surface area contributed by atoms with Crippen molar-refractivity contribution >= 4 is 11.5 Å². The van der Waals surface area contributed by atoms with Crippen molar-refractivity contribution in [3.63, 3.8) is 0 Å². The Hall–Kier alpha value is -2.74. The second-order valence-corrected chi connectivity index (χ2v) is 4.37. The normalized spacial score (nSPS) is 9.80. The Morgan fingerprint density at radius 2 is 2.25 bits per heavy atom. The summed E-state index contributed by atoms with van der Waals surface area (Å²) in [5.41, 5.74) is 7.86. The van der Waals surface area contributed by atoms with Crippen LogP contribution < -0.4 is 15.8 Å². The molecule has 5 heteroatoms. The Kier molecular flexibility index (Phi) is 4.40. The highest BCUT2D eigenvalue weighted by atomic mass is 16.5. The van der Waals surface area contributed by atoms with Gasteiger partial charge in [-0.1, -0.05) is 12.1 Å². The third kappa shape index (κ3) is 3.62. The number of anilines is 2. The van der Waals surface area contributed by atoms with Gasteiger partial charge in [0.25, 0.3) is 0 Å². The van der Waals surface area contributed by atoms with Crippen molar-refractivity contribution in [1.82, 2.24) is 4.98 Å². The number of rotatable bonds is 5. The van der Waals surface area contributed by atoms with Gasteiger partial charge in [-0.25, -0.2) is 4.98 Å². The Labute approximate surface area is 118 Å². The van der Waals surface area contributed by atoms with E-state index < -0.39 is 0 Å².